The van der Waals surface area contributed by atoms with Gasteiger partial charge in [0.2, 0.25) is 0 Å². The van der Waals surface area contributed by atoms with Crippen molar-refractivity contribution in [3.05, 3.63) is 17.0 Å². The molecule has 0 saturated carbocycles. The molecular weight excluding hydrogens is 247 g/mol. The number of aliphatic hydroxyl groups excluding tert-OH is 1. The van der Waals surface area contributed by atoms with Crippen LogP contribution in [0.1, 0.15) is 23.9 Å². The van der Waals surface area contributed by atoms with E-state index >= 15 is 0 Å². The second kappa shape index (κ2) is 4.54. The molecule has 106 valence electrons. The van der Waals surface area contributed by atoms with Gasteiger partial charge >= 0.3 is 0 Å². The number of fused-ring (bicyclic) bond motifs is 3. The van der Waals surface area contributed by atoms with Crippen LogP contribution in [0.4, 0.5) is 4.39 Å². The van der Waals surface area contributed by atoms with Gasteiger partial charge < -0.3 is 10.4 Å². The minimum Gasteiger partial charge on any atom is -0.393 e. The average Bonchev–Trinajstić information content (AvgIpc) is 2.59. The maximum atomic E-state index is 14.6. The zero-order valence-electron chi connectivity index (χ0n) is 11.5. The summed E-state index contributed by atoms with van der Waals surface area (Å²) in [6, 6.07) is 0.414. The molecule has 1 aromatic rings. The molecule has 1 unspecified atom stereocenters. The smallest absolute Gasteiger partial charge is 0.165 e. The van der Waals surface area contributed by atoms with E-state index in [4.69, 9.17) is 0 Å². The number of nitrogens with zero attached hydrogens (tertiary/aromatic N) is 3. The molecule has 5 nitrogen and oxygen atoms in total. The van der Waals surface area contributed by atoms with Gasteiger partial charge in [0, 0.05) is 37.7 Å². The van der Waals surface area contributed by atoms with Gasteiger partial charge in [-0.2, -0.15) is 5.10 Å². The molecule has 0 aromatic carbocycles. The first-order valence-electron chi connectivity index (χ1n) is 6.80. The van der Waals surface area contributed by atoms with Crippen LogP contribution >= 0.6 is 0 Å². The molecule has 0 amide bonds. The fraction of sp³-hybridized carbons (Fsp3) is 0.769. The van der Waals surface area contributed by atoms with Gasteiger partial charge in [0.05, 0.1) is 24.5 Å². The number of aliphatic hydroxyl groups is 1. The van der Waals surface area contributed by atoms with Crippen molar-refractivity contribution in [2.24, 2.45) is 0 Å². The zero-order valence-corrected chi connectivity index (χ0v) is 11.5. The average molecular weight is 268 g/mol. The Kier molecular flexibility index (Phi) is 3.11. The van der Waals surface area contributed by atoms with E-state index in [0.29, 0.717) is 12.6 Å². The van der Waals surface area contributed by atoms with Crippen molar-refractivity contribution < 1.29 is 9.50 Å². The summed E-state index contributed by atoms with van der Waals surface area (Å²) >= 11 is 0. The summed E-state index contributed by atoms with van der Waals surface area (Å²) in [6.45, 7) is 3.54. The number of rotatable bonds is 1. The lowest BCUT2D eigenvalue weighted by atomic mass is 10.0. The molecule has 2 aliphatic rings. The number of nitrogens with one attached hydrogen (secondary N) is 1. The van der Waals surface area contributed by atoms with Crippen molar-refractivity contribution >= 4 is 0 Å². The molecule has 6 heteroatoms. The molecule has 0 radical (unpaired) electrons. The largest absolute Gasteiger partial charge is 0.393 e. The summed E-state index contributed by atoms with van der Waals surface area (Å²) in [5.74, 6) is 0. The number of hydrogen-bond donors (Lipinski definition) is 2. The van der Waals surface area contributed by atoms with Crippen LogP contribution in [0.3, 0.4) is 0 Å². The van der Waals surface area contributed by atoms with Crippen LogP contribution in [-0.2, 0) is 26.1 Å². The van der Waals surface area contributed by atoms with E-state index in [1.807, 2.05) is 11.9 Å². The summed E-state index contributed by atoms with van der Waals surface area (Å²) in [6.07, 6.45) is 0.886. The fourth-order valence-electron chi connectivity index (χ4n) is 3.12. The predicted molar refractivity (Wildman–Crippen MR) is 69.5 cm³/mol. The molecule has 0 saturated heterocycles. The highest BCUT2D eigenvalue weighted by Gasteiger charge is 2.37. The minimum atomic E-state index is -1.60. The molecule has 2 aliphatic heterocycles. The monoisotopic (exact) mass is 268 g/mol. The van der Waals surface area contributed by atoms with E-state index in [9.17, 15) is 9.50 Å². The van der Waals surface area contributed by atoms with Crippen LogP contribution in [0.2, 0.25) is 0 Å². The highest BCUT2D eigenvalue weighted by molar-refractivity contribution is 5.30. The van der Waals surface area contributed by atoms with Crippen LogP contribution in [0, 0.1) is 0 Å². The topological polar surface area (TPSA) is 53.3 Å². The van der Waals surface area contributed by atoms with Gasteiger partial charge in [0.25, 0.3) is 0 Å². The Morgan fingerprint density at radius 2 is 2.32 bits per heavy atom. The highest BCUT2D eigenvalue weighted by atomic mass is 19.1. The first-order chi connectivity index (χ1) is 9.00. The number of alkyl halides is 1. The Hall–Kier alpha value is -0.980. The molecular formula is C13H21FN4O. The predicted octanol–water partition coefficient (Wildman–Crippen LogP) is 0.0633. The Morgan fingerprint density at radius 1 is 1.53 bits per heavy atom. The van der Waals surface area contributed by atoms with Gasteiger partial charge in [-0.3, -0.25) is 9.58 Å². The van der Waals surface area contributed by atoms with Crippen molar-refractivity contribution in [3.8, 4) is 0 Å². The SMILES string of the molecule is C[C@@H]1Cc2nn3c(c2CN1)CN(C)CC(F)(CO)C3. The van der Waals surface area contributed by atoms with Gasteiger partial charge in [-0.15, -0.1) is 0 Å². The van der Waals surface area contributed by atoms with Crippen LogP contribution in [0.25, 0.3) is 0 Å². The number of halogens is 1. The van der Waals surface area contributed by atoms with Crippen molar-refractivity contribution in [2.45, 2.75) is 44.7 Å². The Balaban J connectivity index is 2.00. The number of hydrogen-bond acceptors (Lipinski definition) is 4. The van der Waals surface area contributed by atoms with E-state index in [-0.39, 0.29) is 13.1 Å². The van der Waals surface area contributed by atoms with Crippen LogP contribution in [0.15, 0.2) is 0 Å². The summed E-state index contributed by atoms with van der Waals surface area (Å²) in [4.78, 5) is 1.93. The standard InChI is InChI=1S/C13H21FN4O/c1-9-3-11-10(4-15-9)12-5-17(2)6-13(14,8-19)7-18(12)16-11/h9,15,19H,3-8H2,1-2H3/t9-,13?/m1/s1. The van der Waals surface area contributed by atoms with Gasteiger partial charge in [-0.05, 0) is 14.0 Å². The molecule has 0 aliphatic carbocycles. The molecule has 1 aromatic heterocycles. The Morgan fingerprint density at radius 3 is 3.05 bits per heavy atom. The van der Waals surface area contributed by atoms with Gasteiger partial charge in [0.15, 0.2) is 5.67 Å². The molecule has 0 fully saturated rings. The van der Waals surface area contributed by atoms with Gasteiger partial charge in [-0.25, -0.2) is 4.39 Å². The van der Waals surface area contributed by atoms with Crippen LogP contribution in [0.5, 0.6) is 0 Å². The lowest BCUT2D eigenvalue weighted by Gasteiger charge is -2.25. The van der Waals surface area contributed by atoms with Crippen LogP contribution < -0.4 is 5.32 Å². The Labute approximate surface area is 112 Å². The Bertz CT molecular complexity index is 489. The maximum absolute atomic E-state index is 14.6. The maximum Gasteiger partial charge on any atom is 0.165 e. The summed E-state index contributed by atoms with van der Waals surface area (Å²) in [7, 11) is 1.89. The summed E-state index contributed by atoms with van der Waals surface area (Å²) < 4.78 is 16.3. The van der Waals surface area contributed by atoms with E-state index in [0.717, 1.165) is 24.4 Å². The summed E-state index contributed by atoms with van der Waals surface area (Å²) in [5, 5.41) is 17.3. The molecule has 3 rings (SSSR count). The van der Waals surface area contributed by atoms with Crippen molar-refractivity contribution in [1.29, 1.82) is 0 Å². The van der Waals surface area contributed by atoms with Gasteiger partial charge in [0.1, 0.15) is 0 Å². The first kappa shape index (κ1) is 13.0. The van der Waals surface area contributed by atoms with E-state index in [1.165, 1.54) is 5.56 Å². The lowest BCUT2D eigenvalue weighted by Crippen LogP contribution is -2.41. The lowest BCUT2D eigenvalue weighted by molar-refractivity contribution is 0.0303. The normalized spacial score (nSPS) is 31.7. The van der Waals surface area contributed by atoms with Gasteiger partial charge in [-0.1, -0.05) is 0 Å². The highest BCUT2D eigenvalue weighted by Crippen LogP contribution is 2.27. The van der Waals surface area contributed by atoms with Crippen LogP contribution in [-0.4, -0.2) is 51.7 Å². The molecule has 0 bridgehead atoms. The third-order valence-electron chi connectivity index (χ3n) is 4.07. The molecule has 2 N–H and O–H groups in total. The third kappa shape index (κ3) is 2.28. The summed E-state index contributed by atoms with van der Waals surface area (Å²) in [5.41, 5.74) is 1.78. The molecule has 19 heavy (non-hydrogen) atoms. The third-order valence-corrected chi connectivity index (χ3v) is 4.07. The fourth-order valence-corrected chi connectivity index (χ4v) is 3.12. The quantitative estimate of drug-likeness (QED) is 0.756. The second-order valence-electron chi connectivity index (χ2n) is 6.00. The minimum absolute atomic E-state index is 0.143. The molecule has 2 atom stereocenters. The van der Waals surface area contributed by atoms with Crippen molar-refractivity contribution in [1.82, 2.24) is 20.0 Å². The number of aromatic nitrogens is 2. The first-order valence-corrected chi connectivity index (χ1v) is 6.80. The zero-order chi connectivity index (χ0) is 13.6. The van der Waals surface area contributed by atoms with Crippen molar-refractivity contribution in [2.75, 3.05) is 20.2 Å². The van der Waals surface area contributed by atoms with E-state index in [1.54, 1.807) is 4.68 Å². The second-order valence-corrected chi connectivity index (χ2v) is 6.00. The van der Waals surface area contributed by atoms with E-state index in [2.05, 4.69) is 17.3 Å². The molecule has 0 spiro atoms. The molecule has 3 heterocycles. The van der Waals surface area contributed by atoms with E-state index < -0.39 is 12.3 Å². The van der Waals surface area contributed by atoms with Crippen molar-refractivity contribution in [3.63, 3.8) is 0 Å².